The van der Waals surface area contributed by atoms with Gasteiger partial charge in [0.1, 0.15) is 4.90 Å². The average molecular weight is 295 g/mol. The Balaban J connectivity index is 2.59. The number of nitrogens with zero attached hydrogens (tertiary/aromatic N) is 1. The second kappa shape index (κ2) is 7.01. The van der Waals surface area contributed by atoms with Crippen molar-refractivity contribution in [3.63, 3.8) is 0 Å². The lowest BCUT2D eigenvalue weighted by Gasteiger charge is -2.11. The van der Waals surface area contributed by atoms with Gasteiger partial charge in [0.05, 0.1) is 17.7 Å². The highest BCUT2D eigenvalue weighted by Gasteiger charge is 2.17. The van der Waals surface area contributed by atoms with Crippen LogP contribution in [0.1, 0.15) is 6.42 Å². The van der Waals surface area contributed by atoms with Crippen LogP contribution in [0.4, 0.5) is 0 Å². The minimum Gasteiger partial charge on any atom is -0.391 e. The van der Waals surface area contributed by atoms with Crippen LogP contribution < -0.4 is 4.72 Å². The van der Waals surface area contributed by atoms with Gasteiger partial charge in [-0.05, 0) is 12.5 Å². The largest absolute Gasteiger partial charge is 0.391 e. The molecule has 0 aliphatic carbocycles. The van der Waals surface area contributed by atoms with Crippen molar-refractivity contribution < 1.29 is 18.3 Å². The number of nitrogens with one attached hydrogen (secondary N) is 1. The van der Waals surface area contributed by atoms with E-state index >= 15 is 0 Å². The van der Waals surface area contributed by atoms with Gasteiger partial charge in [-0.2, -0.15) is 0 Å². The van der Waals surface area contributed by atoms with Crippen molar-refractivity contribution in [2.45, 2.75) is 17.4 Å². The first kappa shape index (κ1) is 15.3. The van der Waals surface area contributed by atoms with E-state index < -0.39 is 16.1 Å². The van der Waals surface area contributed by atoms with Crippen LogP contribution in [0.5, 0.6) is 0 Å². The standard InChI is InChI=1S/C10H15ClN2O4S/c1-17-7-8(14)2-5-13-18(15,16)10-6-12-4-3-9(10)11/h3-4,6,8,13-14H,2,5,7H2,1H3. The second-order valence-electron chi connectivity index (χ2n) is 3.60. The van der Waals surface area contributed by atoms with E-state index in [1.165, 1.54) is 25.6 Å². The summed E-state index contributed by atoms with van der Waals surface area (Å²) in [4.78, 5) is 3.64. The van der Waals surface area contributed by atoms with E-state index in [4.69, 9.17) is 16.3 Å². The number of aliphatic hydroxyl groups is 1. The van der Waals surface area contributed by atoms with Gasteiger partial charge in [0.2, 0.25) is 10.0 Å². The lowest BCUT2D eigenvalue weighted by atomic mass is 10.3. The molecule has 1 heterocycles. The van der Waals surface area contributed by atoms with Crippen molar-refractivity contribution in [1.29, 1.82) is 0 Å². The van der Waals surface area contributed by atoms with Gasteiger partial charge >= 0.3 is 0 Å². The van der Waals surface area contributed by atoms with Crippen LogP contribution in [0.25, 0.3) is 0 Å². The van der Waals surface area contributed by atoms with Gasteiger partial charge in [-0.25, -0.2) is 13.1 Å². The molecule has 1 unspecified atom stereocenters. The molecule has 0 aromatic carbocycles. The summed E-state index contributed by atoms with van der Waals surface area (Å²) >= 11 is 5.77. The number of hydrogen-bond donors (Lipinski definition) is 2. The van der Waals surface area contributed by atoms with Crippen LogP contribution in [0.15, 0.2) is 23.4 Å². The summed E-state index contributed by atoms with van der Waals surface area (Å²) in [5.41, 5.74) is 0. The molecule has 0 bridgehead atoms. The number of ether oxygens (including phenoxy) is 1. The number of pyridine rings is 1. The Morgan fingerprint density at radius 1 is 1.61 bits per heavy atom. The van der Waals surface area contributed by atoms with Crippen molar-refractivity contribution in [2.75, 3.05) is 20.3 Å². The second-order valence-corrected chi connectivity index (χ2v) is 5.74. The first-order valence-electron chi connectivity index (χ1n) is 5.23. The molecule has 0 spiro atoms. The zero-order valence-corrected chi connectivity index (χ0v) is 11.4. The third-order valence-corrected chi connectivity index (χ3v) is 4.08. The van der Waals surface area contributed by atoms with Crippen LogP contribution >= 0.6 is 11.6 Å². The fourth-order valence-corrected chi connectivity index (χ4v) is 2.75. The summed E-state index contributed by atoms with van der Waals surface area (Å²) in [6, 6.07) is 1.40. The fourth-order valence-electron chi connectivity index (χ4n) is 1.27. The fraction of sp³-hybridized carbons (Fsp3) is 0.500. The number of methoxy groups -OCH3 is 1. The monoisotopic (exact) mass is 294 g/mol. The Morgan fingerprint density at radius 2 is 2.33 bits per heavy atom. The maximum absolute atomic E-state index is 11.8. The Hall–Kier alpha value is -0.730. The van der Waals surface area contributed by atoms with Gasteiger partial charge in [-0.1, -0.05) is 11.6 Å². The number of rotatable bonds is 7. The first-order valence-corrected chi connectivity index (χ1v) is 7.09. The molecule has 1 aromatic heterocycles. The molecule has 1 aromatic rings. The Labute approximate surface area is 111 Å². The van der Waals surface area contributed by atoms with E-state index in [-0.39, 0.29) is 29.5 Å². The highest BCUT2D eigenvalue weighted by atomic mass is 35.5. The molecule has 0 saturated heterocycles. The molecule has 1 rings (SSSR count). The molecular formula is C10H15ClN2O4S. The van der Waals surface area contributed by atoms with Crippen LogP contribution in [0, 0.1) is 0 Å². The molecular weight excluding hydrogens is 280 g/mol. The van der Waals surface area contributed by atoms with E-state index in [1.54, 1.807) is 0 Å². The highest BCUT2D eigenvalue weighted by Crippen LogP contribution is 2.18. The minimum atomic E-state index is -3.70. The van der Waals surface area contributed by atoms with E-state index in [0.717, 1.165) is 0 Å². The topological polar surface area (TPSA) is 88.5 Å². The maximum atomic E-state index is 11.8. The molecule has 8 heteroatoms. The van der Waals surface area contributed by atoms with E-state index in [9.17, 15) is 13.5 Å². The van der Waals surface area contributed by atoms with Crippen LogP contribution in [-0.4, -0.2) is 44.9 Å². The van der Waals surface area contributed by atoms with Crippen molar-refractivity contribution in [1.82, 2.24) is 9.71 Å². The molecule has 0 amide bonds. The summed E-state index contributed by atoms with van der Waals surface area (Å²) in [6.45, 7) is 0.257. The molecule has 0 aliphatic rings. The number of sulfonamides is 1. The lowest BCUT2D eigenvalue weighted by molar-refractivity contribution is 0.0603. The van der Waals surface area contributed by atoms with Gasteiger partial charge in [0, 0.05) is 26.0 Å². The predicted molar refractivity (Wildman–Crippen MR) is 66.9 cm³/mol. The first-order chi connectivity index (χ1) is 8.47. The molecule has 1 atom stereocenters. The minimum absolute atomic E-state index is 0.0760. The zero-order valence-electron chi connectivity index (χ0n) is 9.84. The molecule has 0 aliphatic heterocycles. The smallest absolute Gasteiger partial charge is 0.243 e. The van der Waals surface area contributed by atoms with Gasteiger partial charge in [0.25, 0.3) is 0 Å². The summed E-state index contributed by atoms with van der Waals surface area (Å²) in [6.07, 6.45) is 2.13. The molecule has 0 fully saturated rings. The van der Waals surface area contributed by atoms with Gasteiger partial charge in [0.15, 0.2) is 0 Å². The zero-order chi connectivity index (χ0) is 13.6. The highest BCUT2D eigenvalue weighted by molar-refractivity contribution is 7.89. The maximum Gasteiger partial charge on any atom is 0.243 e. The van der Waals surface area contributed by atoms with Crippen LogP contribution in [0.2, 0.25) is 5.02 Å². The Kier molecular flexibility index (Phi) is 5.97. The quantitative estimate of drug-likeness (QED) is 0.760. The van der Waals surface area contributed by atoms with E-state index in [1.807, 2.05) is 0 Å². The Morgan fingerprint density at radius 3 is 2.94 bits per heavy atom. The summed E-state index contributed by atoms with van der Waals surface area (Å²) in [5.74, 6) is 0. The van der Waals surface area contributed by atoms with Crippen molar-refractivity contribution in [3.8, 4) is 0 Å². The predicted octanol–water partition coefficient (Wildman–Crippen LogP) is 0.411. The Bertz CT molecular complexity index is 481. The molecule has 0 radical (unpaired) electrons. The third kappa shape index (κ3) is 4.51. The normalized spacial score (nSPS) is 13.5. The molecule has 18 heavy (non-hydrogen) atoms. The molecule has 102 valence electrons. The van der Waals surface area contributed by atoms with Gasteiger partial charge in [-0.3, -0.25) is 4.98 Å². The number of aromatic nitrogens is 1. The number of aliphatic hydroxyl groups excluding tert-OH is 1. The molecule has 6 nitrogen and oxygen atoms in total. The van der Waals surface area contributed by atoms with Crippen molar-refractivity contribution >= 4 is 21.6 Å². The van der Waals surface area contributed by atoms with Crippen LogP contribution in [0.3, 0.4) is 0 Å². The summed E-state index contributed by atoms with van der Waals surface area (Å²) in [7, 11) is -2.24. The number of hydrogen-bond acceptors (Lipinski definition) is 5. The third-order valence-electron chi connectivity index (χ3n) is 2.15. The lowest BCUT2D eigenvalue weighted by Crippen LogP contribution is -2.28. The van der Waals surface area contributed by atoms with Crippen LogP contribution in [-0.2, 0) is 14.8 Å². The van der Waals surface area contributed by atoms with E-state index in [2.05, 4.69) is 9.71 Å². The van der Waals surface area contributed by atoms with Gasteiger partial charge in [-0.15, -0.1) is 0 Å². The van der Waals surface area contributed by atoms with Crippen molar-refractivity contribution in [3.05, 3.63) is 23.5 Å². The summed E-state index contributed by atoms with van der Waals surface area (Å²) in [5, 5.41) is 9.48. The molecule has 2 N–H and O–H groups in total. The summed E-state index contributed by atoms with van der Waals surface area (Å²) < 4.78 is 30.8. The van der Waals surface area contributed by atoms with E-state index in [0.29, 0.717) is 0 Å². The van der Waals surface area contributed by atoms with Crippen molar-refractivity contribution in [2.24, 2.45) is 0 Å². The average Bonchev–Trinajstić information content (AvgIpc) is 2.29. The van der Waals surface area contributed by atoms with Gasteiger partial charge < -0.3 is 9.84 Å². The number of halogens is 1. The SMILES string of the molecule is COCC(O)CCNS(=O)(=O)c1cnccc1Cl. The molecule has 0 saturated carbocycles.